The second kappa shape index (κ2) is 7.64. The molecule has 3 N–H and O–H groups in total. The number of ether oxygens (including phenoxy) is 1. The Morgan fingerprint density at radius 2 is 1.92 bits per heavy atom. The maximum absolute atomic E-state index is 12.6. The minimum absolute atomic E-state index is 0.265. The van der Waals surface area contributed by atoms with Gasteiger partial charge in [0, 0.05) is 5.69 Å². The van der Waals surface area contributed by atoms with Crippen molar-refractivity contribution in [2.75, 3.05) is 12.3 Å². The van der Waals surface area contributed by atoms with Crippen molar-refractivity contribution in [3.8, 4) is 6.07 Å². The summed E-state index contributed by atoms with van der Waals surface area (Å²) in [5.74, 6) is -1.66. The Labute approximate surface area is 148 Å². The van der Waals surface area contributed by atoms with Crippen molar-refractivity contribution < 1.29 is 27.5 Å². The third-order valence-electron chi connectivity index (χ3n) is 4.23. The number of hydrogen-bond acceptors (Lipinski definition) is 5. The molecule has 0 bridgehead atoms. The second-order valence-electron chi connectivity index (χ2n) is 6.18. The standard InChI is InChI=1S/C17H18F3N3O3/c18-17(19,20)11-4-5-12(13(22)8-11)15(25)26-9-14(24)23-16(10-21)6-2-1-3-7-16/h4-5,8H,1-3,6-7,9,22H2,(H,23,24). The molecule has 1 aliphatic rings. The van der Waals surface area contributed by atoms with Crippen molar-refractivity contribution in [3.05, 3.63) is 29.3 Å². The number of esters is 1. The number of nitrogens with one attached hydrogen (secondary N) is 1. The number of anilines is 1. The summed E-state index contributed by atoms with van der Waals surface area (Å²) in [7, 11) is 0. The molecule has 26 heavy (non-hydrogen) atoms. The molecule has 2 rings (SSSR count). The summed E-state index contributed by atoms with van der Waals surface area (Å²) < 4.78 is 42.6. The number of carbonyl (C=O) groups excluding carboxylic acids is 2. The van der Waals surface area contributed by atoms with Crippen molar-refractivity contribution in [1.82, 2.24) is 5.32 Å². The van der Waals surface area contributed by atoms with Gasteiger partial charge in [-0.05, 0) is 31.0 Å². The van der Waals surface area contributed by atoms with Crippen LogP contribution >= 0.6 is 0 Å². The van der Waals surface area contributed by atoms with E-state index < -0.39 is 41.4 Å². The van der Waals surface area contributed by atoms with E-state index in [2.05, 4.69) is 11.4 Å². The third-order valence-corrected chi connectivity index (χ3v) is 4.23. The van der Waals surface area contributed by atoms with E-state index in [9.17, 15) is 28.0 Å². The maximum atomic E-state index is 12.6. The predicted molar refractivity (Wildman–Crippen MR) is 85.7 cm³/mol. The van der Waals surface area contributed by atoms with Crippen LogP contribution in [0.1, 0.15) is 48.0 Å². The quantitative estimate of drug-likeness (QED) is 0.627. The van der Waals surface area contributed by atoms with Gasteiger partial charge in [0.15, 0.2) is 6.61 Å². The first-order valence-electron chi connectivity index (χ1n) is 8.03. The largest absolute Gasteiger partial charge is 0.452 e. The van der Waals surface area contributed by atoms with Gasteiger partial charge in [-0.2, -0.15) is 18.4 Å². The summed E-state index contributed by atoms with van der Waals surface area (Å²) in [4.78, 5) is 23.9. The van der Waals surface area contributed by atoms with Crippen LogP contribution in [0.25, 0.3) is 0 Å². The summed E-state index contributed by atoms with van der Waals surface area (Å²) in [6.45, 7) is -0.650. The SMILES string of the molecule is N#CC1(NC(=O)COC(=O)c2ccc(C(F)(F)F)cc2N)CCCCC1. The highest BCUT2D eigenvalue weighted by Crippen LogP contribution is 2.31. The van der Waals surface area contributed by atoms with Gasteiger partial charge < -0.3 is 15.8 Å². The van der Waals surface area contributed by atoms with Gasteiger partial charge in [-0.25, -0.2) is 4.79 Å². The smallest absolute Gasteiger partial charge is 0.416 e. The van der Waals surface area contributed by atoms with Crippen LogP contribution in [0.4, 0.5) is 18.9 Å². The molecule has 0 radical (unpaired) electrons. The highest BCUT2D eigenvalue weighted by Gasteiger charge is 2.34. The molecular formula is C17H18F3N3O3. The van der Waals surface area contributed by atoms with Gasteiger partial charge in [0.05, 0.1) is 17.2 Å². The molecule has 1 amide bonds. The van der Waals surface area contributed by atoms with Crippen LogP contribution in [0.15, 0.2) is 18.2 Å². The molecule has 0 heterocycles. The first-order chi connectivity index (χ1) is 12.2. The van der Waals surface area contributed by atoms with Gasteiger partial charge in [0.1, 0.15) is 5.54 Å². The minimum atomic E-state index is -4.58. The van der Waals surface area contributed by atoms with Crippen LogP contribution in [0.3, 0.4) is 0 Å². The first-order valence-corrected chi connectivity index (χ1v) is 8.03. The topological polar surface area (TPSA) is 105 Å². The van der Waals surface area contributed by atoms with E-state index in [-0.39, 0.29) is 5.56 Å². The number of halogens is 3. The van der Waals surface area contributed by atoms with E-state index in [1.54, 1.807) is 0 Å². The molecule has 0 spiro atoms. The van der Waals surface area contributed by atoms with E-state index in [0.29, 0.717) is 25.0 Å². The number of amides is 1. The van der Waals surface area contributed by atoms with Crippen molar-refractivity contribution in [2.24, 2.45) is 0 Å². The molecular weight excluding hydrogens is 351 g/mol. The fourth-order valence-electron chi connectivity index (χ4n) is 2.86. The Hall–Kier alpha value is -2.76. The molecule has 140 valence electrons. The van der Waals surface area contributed by atoms with Crippen molar-refractivity contribution >= 4 is 17.6 Å². The summed E-state index contributed by atoms with van der Waals surface area (Å²) in [6, 6.07) is 4.33. The van der Waals surface area contributed by atoms with Gasteiger partial charge in [-0.3, -0.25) is 4.79 Å². The van der Waals surface area contributed by atoms with Crippen LogP contribution in [-0.4, -0.2) is 24.0 Å². The number of benzene rings is 1. The molecule has 1 fully saturated rings. The lowest BCUT2D eigenvalue weighted by Gasteiger charge is -2.31. The van der Waals surface area contributed by atoms with Crippen molar-refractivity contribution in [3.63, 3.8) is 0 Å². The second-order valence-corrected chi connectivity index (χ2v) is 6.18. The predicted octanol–water partition coefficient (Wildman–Crippen LogP) is 2.79. The Morgan fingerprint density at radius 1 is 1.27 bits per heavy atom. The van der Waals surface area contributed by atoms with Crippen LogP contribution < -0.4 is 11.1 Å². The zero-order chi connectivity index (χ0) is 19.4. The number of rotatable bonds is 4. The van der Waals surface area contributed by atoms with Crippen LogP contribution in [0.5, 0.6) is 0 Å². The van der Waals surface area contributed by atoms with Gasteiger partial charge in [-0.1, -0.05) is 19.3 Å². The molecule has 0 aromatic heterocycles. The lowest BCUT2D eigenvalue weighted by molar-refractivity contribution is -0.137. The number of nitrogens with zero attached hydrogens (tertiary/aromatic N) is 1. The number of nitrogens with two attached hydrogens (primary N) is 1. The Morgan fingerprint density at radius 3 is 2.46 bits per heavy atom. The molecule has 9 heteroatoms. The third kappa shape index (κ3) is 4.65. The number of alkyl halides is 3. The highest BCUT2D eigenvalue weighted by atomic mass is 19.4. The summed E-state index contributed by atoms with van der Waals surface area (Å²) >= 11 is 0. The van der Waals surface area contributed by atoms with Crippen LogP contribution in [0.2, 0.25) is 0 Å². The molecule has 1 aliphatic carbocycles. The van der Waals surface area contributed by atoms with E-state index in [4.69, 9.17) is 10.5 Å². The van der Waals surface area contributed by atoms with Gasteiger partial charge >= 0.3 is 12.1 Å². The van der Waals surface area contributed by atoms with E-state index in [1.807, 2.05) is 0 Å². The molecule has 1 aromatic rings. The number of nitriles is 1. The lowest BCUT2D eigenvalue weighted by Crippen LogP contribution is -2.50. The number of hydrogen-bond donors (Lipinski definition) is 2. The van der Waals surface area contributed by atoms with E-state index in [0.717, 1.165) is 25.3 Å². The van der Waals surface area contributed by atoms with Gasteiger partial charge in [-0.15, -0.1) is 0 Å². The number of carbonyl (C=O) groups is 2. The molecule has 1 saturated carbocycles. The van der Waals surface area contributed by atoms with Gasteiger partial charge in [0.2, 0.25) is 0 Å². The van der Waals surface area contributed by atoms with Crippen molar-refractivity contribution in [2.45, 2.75) is 43.8 Å². The fraction of sp³-hybridized carbons (Fsp3) is 0.471. The van der Waals surface area contributed by atoms with Crippen LogP contribution in [-0.2, 0) is 15.7 Å². The molecule has 1 aromatic carbocycles. The summed E-state index contributed by atoms with van der Waals surface area (Å²) in [5.41, 5.74) is 2.86. The Balaban J connectivity index is 1.96. The van der Waals surface area contributed by atoms with Crippen molar-refractivity contribution in [1.29, 1.82) is 5.26 Å². The number of nitrogen functional groups attached to an aromatic ring is 1. The molecule has 0 unspecified atom stereocenters. The molecule has 0 aliphatic heterocycles. The summed E-state index contributed by atoms with van der Waals surface area (Å²) in [6.07, 6.45) is -0.918. The molecule has 0 atom stereocenters. The average molecular weight is 369 g/mol. The van der Waals surface area contributed by atoms with E-state index >= 15 is 0 Å². The monoisotopic (exact) mass is 369 g/mol. The normalized spacial score (nSPS) is 16.4. The minimum Gasteiger partial charge on any atom is -0.452 e. The summed E-state index contributed by atoms with van der Waals surface area (Å²) in [5, 5.41) is 11.9. The maximum Gasteiger partial charge on any atom is 0.416 e. The zero-order valence-corrected chi connectivity index (χ0v) is 13.9. The molecule has 6 nitrogen and oxygen atoms in total. The highest BCUT2D eigenvalue weighted by molar-refractivity contribution is 5.96. The Bertz CT molecular complexity index is 735. The Kier molecular flexibility index (Phi) is 5.75. The average Bonchev–Trinajstić information content (AvgIpc) is 2.59. The lowest BCUT2D eigenvalue weighted by atomic mass is 9.83. The first kappa shape index (κ1) is 19.6. The van der Waals surface area contributed by atoms with Crippen LogP contribution in [0, 0.1) is 11.3 Å². The van der Waals surface area contributed by atoms with Gasteiger partial charge in [0.25, 0.3) is 5.91 Å². The zero-order valence-electron chi connectivity index (χ0n) is 13.9. The molecule has 0 saturated heterocycles. The fourth-order valence-corrected chi connectivity index (χ4v) is 2.86. The van der Waals surface area contributed by atoms with E-state index in [1.165, 1.54) is 0 Å².